The minimum atomic E-state index is -2.97. The Hall–Kier alpha value is -0.0900. The molecule has 0 N–H and O–H groups in total. The summed E-state index contributed by atoms with van der Waals surface area (Å²) in [6.45, 7) is 6.09. The molecular formula is C14H27NO2S. The number of sulfonamides is 1. The molecule has 1 aliphatic heterocycles. The molecule has 1 saturated heterocycles. The highest BCUT2D eigenvalue weighted by Crippen LogP contribution is 2.50. The van der Waals surface area contributed by atoms with Crippen LogP contribution in [0, 0.1) is 17.3 Å². The molecule has 1 heterocycles. The average Bonchev–Trinajstić information content (AvgIpc) is 2.60. The highest BCUT2D eigenvalue weighted by Gasteiger charge is 2.42. The monoisotopic (exact) mass is 273 g/mol. The van der Waals surface area contributed by atoms with Crippen LogP contribution < -0.4 is 0 Å². The Bertz CT molecular complexity index is 381. The van der Waals surface area contributed by atoms with Gasteiger partial charge in [-0.25, -0.2) is 12.7 Å². The molecule has 0 amide bonds. The van der Waals surface area contributed by atoms with Gasteiger partial charge in [-0.3, -0.25) is 0 Å². The van der Waals surface area contributed by atoms with Crippen LogP contribution in [-0.4, -0.2) is 32.1 Å². The second kappa shape index (κ2) is 5.12. The summed E-state index contributed by atoms with van der Waals surface area (Å²) in [6.07, 6.45) is 8.85. The number of rotatable bonds is 3. The van der Waals surface area contributed by atoms with Gasteiger partial charge in [-0.15, -0.1) is 0 Å². The number of piperidine rings is 1. The van der Waals surface area contributed by atoms with E-state index in [0.29, 0.717) is 5.41 Å². The second-order valence-electron chi connectivity index (χ2n) is 6.90. The molecule has 1 spiro atoms. The quantitative estimate of drug-likeness (QED) is 0.793. The molecule has 1 aliphatic carbocycles. The molecule has 0 radical (unpaired) electrons. The molecule has 2 rings (SSSR count). The number of hydrogen-bond donors (Lipinski definition) is 0. The van der Waals surface area contributed by atoms with Crippen molar-refractivity contribution in [3.05, 3.63) is 0 Å². The molecule has 0 aromatic heterocycles. The Morgan fingerprint density at radius 2 is 1.83 bits per heavy atom. The maximum absolute atomic E-state index is 11.5. The summed E-state index contributed by atoms with van der Waals surface area (Å²) in [5.41, 5.74) is 0.473. The molecule has 1 unspecified atom stereocenters. The van der Waals surface area contributed by atoms with Crippen LogP contribution in [0.15, 0.2) is 0 Å². The van der Waals surface area contributed by atoms with E-state index in [1.54, 1.807) is 4.31 Å². The van der Waals surface area contributed by atoms with E-state index < -0.39 is 10.0 Å². The van der Waals surface area contributed by atoms with Gasteiger partial charge in [-0.05, 0) is 55.8 Å². The Labute approximate surface area is 112 Å². The molecule has 1 saturated carbocycles. The zero-order chi connectivity index (χ0) is 13.4. The van der Waals surface area contributed by atoms with Crippen LogP contribution in [0.3, 0.4) is 0 Å². The van der Waals surface area contributed by atoms with Crippen LogP contribution in [0.2, 0.25) is 0 Å². The van der Waals surface area contributed by atoms with Crippen LogP contribution in [0.25, 0.3) is 0 Å². The summed E-state index contributed by atoms with van der Waals surface area (Å²) < 4.78 is 24.7. The van der Waals surface area contributed by atoms with Gasteiger partial charge in [0, 0.05) is 13.1 Å². The lowest BCUT2D eigenvalue weighted by Crippen LogP contribution is -2.41. The molecule has 3 nitrogen and oxygen atoms in total. The van der Waals surface area contributed by atoms with Gasteiger partial charge in [0.2, 0.25) is 10.0 Å². The first kappa shape index (κ1) is 14.3. The Kier molecular flexibility index (Phi) is 4.07. The zero-order valence-electron chi connectivity index (χ0n) is 12.0. The Balaban J connectivity index is 1.90. The normalized spacial score (nSPS) is 29.2. The van der Waals surface area contributed by atoms with Gasteiger partial charge < -0.3 is 0 Å². The van der Waals surface area contributed by atoms with E-state index in [0.717, 1.165) is 37.8 Å². The van der Waals surface area contributed by atoms with Gasteiger partial charge in [-0.2, -0.15) is 0 Å². The minimum Gasteiger partial charge on any atom is -0.213 e. The molecule has 0 aromatic rings. The highest BCUT2D eigenvalue weighted by atomic mass is 32.2. The van der Waals surface area contributed by atoms with Gasteiger partial charge in [0.1, 0.15) is 0 Å². The lowest BCUT2D eigenvalue weighted by atomic mass is 9.76. The standard InChI is InChI=1S/C14H27NO2S/c1-12(2)10-13-4-5-14(11-13)6-8-15(9-7-14)18(3,16)17/h12-13H,4-11H2,1-3H3. The van der Waals surface area contributed by atoms with Crippen molar-refractivity contribution in [3.8, 4) is 0 Å². The van der Waals surface area contributed by atoms with E-state index in [9.17, 15) is 8.42 Å². The summed E-state index contributed by atoms with van der Waals surface area (Å²) in [7, 11) is -2.97. The van der Waals surface area contributed by atoms with E-state index in [1.807, 2.05) is 0 Å². The lowest BCUT2D eigenvalue weighted by molar-refractivity contribution is 0.153. The SMILES string of the molecule is CC(C)CC1CCC2(CCN(S(C)(=O)=O)CC2)C1. The summed E-state index contributed by atoms with van der Waals surface area (Å²) >= 11 is 0. The van der Waals surface area contributed by atoms with Gasteiger partial charge in [0.15, 0.2) is 0 Å². The van der Waals surface area contributed by atoms with E-state index in [2.05, 4.69) is 13.8 Å². The molecule has 0 bridgehead atoms. The maximum atomic E-state index is 11.5. The Morgan fingerprint density at radius 3 is 2.33 bits per heavy atom. The maximum Gasteiger partial charge on any atom is 0.211 e. The molecule has 2 aliphatic rings. The predicted molar refractivity (Wildman–Crippen MR) is 74.9 cm³/mol. The third kappa shape index (κ3) is 3.27. The largest absolute Gasteiger partial charge is 0.213 e. The van der Waals surface area contributed by atoms with Crippen molar-refractivity contribution in [2.24, 2.45) is 17.3 Å². The van der Waals surface area contributed by atoms with Crippen molar-refractivity contribution in [2.45, 2.75) is 52.4 Å². The van der Waals surface area contributed by atoms with Crippen molar-refractivity contribution < 1.29 is 8.42 Å². The predicted octanol–water partition coefficient (Wildman–Crippen LogP) is 2.87. The first-order valence-corrected chi connectivity index (χ1v) is 9.11. The molecule has 106 valence electrons. The van der Waals surface area contributed by atoms with E-state index in [1.165, 1.54) is 31.9 Å². The zero-order valence-corrected chi connectivity index (χ0v) is 12.8. The number of nitrogens with zero attached hydrogens (tertiary/aromatic N) is 1. The van der Waals surface area contributed by atoms with Crippen LogP contribution in [0.5, 0.6) is 0 Å². The van der Waals surface area contributed by atoms with Crippen LogP contribution in [0.4, 0.5) is 0 Å². The van der Waals surface area contributed by atoms with E-state index in [-0.39, 0.29) is 0 Å². The van der Waals surface area contributed by atoms with Crippen molar-refractivity contribution in [2.75, 3.05) is 19.3 Å². The minimum absolute atomic E-state index is 0.473. The average molecular weight is 273 g/mol. The fourth-order valence-electron chi connectivity index (χ4n) is 3.94. The van der Waals surface area contributed by atoms with Gasteiger partial charge in [0.25, 0.3) is 0 Å². The second-order valence-corrected chi connectivity index (χ2v) is 8.88. The lowest BCUT2D eigenvalue weighted by Gasteiger charge is -2.38. The molecular weight excluding hydrogens is 246 g/mol. The van der Waals surface area contributed by atoms with Crippen LogP contribution in [0.1, 0.15) is 52.4 Å². The summed E-state index contributed by atoms with van der Waals surface area (Å²) in [5.74, 6) is 1.68. The van der Waals surface area contributed by atoms with Crippen molar-refractivity contribution in [1.29, 1.82) is 0 Å². The third-order valence-electron chi connectivity index (χ3n) is 4.86. The summed E-state index contributed by atoms with van der Waals surface area (Å²) in [6, 6.07) is 0. The van der Waals surface area contributed by atoms with Gasteiger partial charge >= 0.3 is 0 Å². The smallest absolute Gasteiger partial charge is 0.211 e. The van der Waals surface area contributed by atoms with Crippen molar-refractivity contribution >= 4 is 10.0 Å². The van der Waals surface area contributed by atoms with Crippen LogP contribution in [-0.2, 0) is 10.0 Å². The number of hydrogen-bond acceptors (Lipinski definition) is 2. The van der Waals surface area contributed by atoms with Gasteiger partial charge in [0.05, 0.1) is 6.26 Å². The van der Waals surface area contributed by atoms with Gasteiger partial charge in [-0.1, -0.05) is 13.8 Å². The fraction of sp³-hybridized carbons (Fsp3) is 1.00. The van der Waals surface area contributed by atoms with E-state index in [4.69, 9.17) is 0 Å². The first-order chi connectivity index (χ1) is 8.31. The Morgan fingerprint density at radius 1 is 1.22 bits per heavy atom. The first-order valence-electron chi connectivity index (χ1n) is 7.26. The highest BCUT2D eigenvalue weighted by molar-refractivity contribution is 7.88. The van der Waals surface area contributed by atoms with Crippen molar-refractivity contribution in [3.63, 3.8) is 0 Å². The molecule has 0 aromatic carbocycles. The third-order valence-corrected chi connectivity index (χ3v) is 6.16. The van der Waals surface area contributed by atoms with Crippen LogP contribution >= 0.6 is 0 Å². The summed E-state index contributed by atoms with van der Waals surface area (Å²) in [5, 5.41) is 0. The molecule has 4 heteroatoms. The van der Waals surface area contributed by atoms with Crippen molar-refractivity contribution in [1.82, 2.24) is 4.31 Å². The molecule has 18 heavy (non-hydrogen) atoms. The molecule has 2 fully saturated rings. The molecule has 1 atom stereocenters. The topological polar surface area (TPSA) is 37.4 Å². The fourth-order valence-corrected chi connectivity index (χ4v) is 4.79. The summed E-state index contributed by atoms with van der Waals surface area (Å²) in [4.78, 5) is 0. The van der Waals surface area contributed by atoms with E-state index >= 15 is 0 Å².